The second-order valence-electron chi connectivity index (χ2n) is 6.92. The Morgan fingerprint density at radius 3 is 2.59 bits per heavy atom. The number of nitriles is 1. The second kappa shape index (κ2) is 5.81. The molecule has 2 aromatic rings. The van der Waals surface area contributed by atoms with Crippen LogP contribution in [0.5, 0.6) is 0 Å². The third kappa shape index (κ3) is 1.94. The molecule has 2 aliphatic heterocycles. The number of halogens is 2. The summed E-state index contributed by atoms with van der Waals surface area (Å²) in [5, 5.41) is 26.6. The van der Waals surface area contributed by atoms with Crippen molar-refractivity contribution < 1.29 is 9.72 Å². The Balaban J connectivity index is 2.02. The number of hydrogen-bond acceptors (Lipinski definition) is 7. The first-order valence-corrected chi connectivity index (χ1v) is 10.2. The van der Waals surface area contributed by atoms with Gasteiger partial charge in [-0.2, -0.15) is 5.26 Å². The predicted molar refractivity (Wildman–Crippen MR) is 111 cm³/mol. The average molecular weight is 517 g/mol. The topological polar surface area (TPSA) is 125 Å². The van der Waals surface area contributed by atoms with Gasteiger partial charge in [-0.3, -0.25) is 14.9 Å². The van der Waals surface area contributed by atoms with Gasteiger partial charge in [0.2, 0.25) is 0 Å². The molecule has 29 heavy (non-hydrogen) atoms. The number of carbonyl (C=O) groups is 1. The van der Waals surface area contributed by atoms with Crippen LogP contribution in [-0.2, 0) is 5.41 Å². The Bertz CT molecular complexity index is 1280. The zero-order valence-corrected chi connectivity index (χ0v) is 17.8. The molecule has 1 saturated heterocycles. The fraction of sp³-hybridized carbons (Fsp3) is 0.158. The highest BCUT2D eigenvalue weighted by Gasteiger charge is 2.64. The van der Waals surface area contributed by atoms with Crippen molar-refractivity contribution in [2.45, 2.75) is 5.41 Å². The summed E-state index contributed by atoms with van der Waals surface area (Å²) in [6.45, 7) is 0.798. The number of fused-ring (bicyclic) bond motifs is 2. The highest BCUT2D eigenvalue weighted by Crippen LogP contribution is 2.56. The van der Waals surface area contributed by atoms with Gasteiger partial charge in [-0.1, -0.05) is 37.9 Å². The maximum absolute atomic E-state index is 13.8. The molecule has 8 nitrogen and oxygen atoms in total. The zero-order chi connectivity index (χ0) is 20.7. The minimum absolute atomic E-state index is 0.0643. The summed E-state index contributed by atoms with van der Waals surface area (Å²) in [5.74, 6) is -0.285. The molecule has 3 N–H and O–H groups in total. The van der Waals surface area contributed by atoms with Crippen LogP contribution >= 0.6 is 31.9 Å². The molecule has 0 aromatic heterocycles. The maximum Gasteiger partial charge on any atom is 0.309 e. The molecular formula is C19H11Br2N5O3. The summed E-state index contributed by atoms with van der Waals surface area (Å²) >= 11 is 7.00. The Kier molecular flexibility index (Phi) is 3.63. The molecule has 144 valence electrons. The Morgan fingerprint density at radius 1 is 1.24 bits per heavy atom. The first-order chi connectivity index (χ1) is 13.9. The lowest BCUT2D eigenvalue weighted by molar-refractivity contribution is -0.435. The fourth-order valence-electron chi connectivity index (χ4n) is 4.66. The molecule has 1 aliphatic carbocycles. The van der Waals surface area contributed by atoms with Crippen LogP contribution < -0.4 is 11.1 Å². The van der Waals surface area contributed by atoms with E-state index in [1.807, 2.05) is 6.07 Å². The van der Waals surface area contributed by atoms with Gasteiger partial charge < -0.3 is 16.0 Å². The Morgan fingerprint density at radius 2 is 1.93 bits per heavy atom. The van der Waals surface area contributed by atoms with Gasteiger partial charge in [-0.25, -0.2) is 0 Å². The molecule has 1 spiro atoms. The van der Waals surface area contributed by atoms with Crippen molar-refractivity contribution in [2.75, 3.05) is 13.1 Å². The van der Waals surface area contributed by atoms with Gasteiger partial charge in [0, 0.05) is 33.0 Å². The first-order valence-electron chi connectivity index (χ1n) is 8.62. The van der Waals surface area contributed by atoms with Crippen LogP contribution in [0, 0.1) is 21.4 Å². The Hall–Kier alpha value is -2.90. The number of Topliss-reactive ketones (excluding diaryl/α,β-unsaturated/α-hetero) is 1. The fourth-order valence-corrected chi connectivity index (χ4v) is 6.01. The number of nitrogens with two attached hydrogens (primary N) is 1. The van der Waals surface area contributed by atoms with Crippen LogP contribution in [0.2, 0.25) is 0 Å². The van der Waals surface area contributed by atoms with Crippen LogP contribution in [0.4, 0.5) is 0 Å². The van der Waals surface area contributed by atoms with Gasteiger partial charge >= 0.3 is 5.70 Å². The highest BCUT2D eigenvalue weighted by molar-refractivity contribution is 9.11. The number of nitrogens with one attached hydrogen (secondary N) is 1. The summed E-state index contributed by atoms with van der Waals surface area (Å²) < 4.78 is 1.47. The van der Waals surface area contributed by atoms with E-state index in [-0.39, 0.29) is 22.9 Å². The zero-order valence-electron chi connectivity index (χ0n) is 14.6. The van der Waals surface area contributed by atoms with Gasteiger partial charge in [-0.05, 0) is 29.1 Å². The molecule has 2 heterocycles. The monoisotopic (exact) mass is 515 g/mol. The van der Waals surface area contributed by atoms with Crippen molar-refractivity contribution in [3.8, 4) is 6.07 Å². The number of hydrogen-bond donors (Lipinski definition) is 2. The highest BCUT2D eigenvalue weighted by atomic mass is 79.9. The lowest BCUT2D eigenvalue weighted by Crippen LogP contribution is -2.48. The van der Waals surface area contributed by atoms with E-state index >= 15 is 0 Å². The number of allylic oxidation sites excluding steroid dienone is 1. The van der Waals surface area contributed by atoms with Crippen LogP contribution in [-0.4, -0.2) is 28.7 Å². The quantitative estimate of drug-likeness (QED) is 0.441. The van der Waals surface area contributed by atoms with Gasteiger partial charge in [-0.15, -0.1) is 0 Å². The van der Waals surface area contributed by atoms with Crippen molar-refractivity contribution in [1.82, 2.24) is 10.2 Å². The van der Waals surface area contributed by atoms with E-state index < -0.39 is 16.1 Å². The minimum atomic E-state index is -1.90. The lowest BCUT2D eigenvalue weighted by Gasteiger charge is -2.35. The summed E-state index contributed by atoms with van der Waals surface area (Å²) in [6, 6.07) is 8.77. The third-order valence-corrected chi connectivity index (χ3v) is 7.06. The molecule has 2 aromatic carbocycles. The standard InChI is InChI=1S/C19H11Br2N5O3/c20-11-3-1-8-13-9(2-4-12(21)14(11)13)19(16(8)27)10(7-22)17(23)25-6-5-24-18(25)15(19)26(28)29/h1-4,24H,5-6,23H2. The number of nitrogens with zero attached hydrogens (tertiary/aromatic N) is 3. The van der Waals surface area contributed by atoms with E-state index in [4.69, 9.17) is 5.73 Å². The minimum Gasteiger partial charge on any atom is -0.384 e. The van der Waals surface area contributed by atoms with E-state index in [9.17, 15) is 20.2 Å². The molecule has 0 saturated carbocycles. The Labute approximate surface area is 181 Å². The van der Waals surface area contributed by atoms with E-state index in [1.165, 1.54) is 4.90 Å². The number of benzene rings is 2. The lowest BCUT2D eigenvalue weighted by atomic mass is 9.69. The third-order valence-electron chi connectivity index (χ3n) is 5.74. The normalized spacial score (nSPS) is 22.4. The number of nitro groups is 1. The summed E-state index contributed by atoms with van der Waals surface area (Å²) in [4.78, 5) is 27.1. The van der Waals surface area contributed by atoms with Crippen molar-refractivity contribution in [1.29, 1.82) is 5.26 Å². The van der Waals surface area contributed by atoms with Gasteiger partial charge in [0.15, 0.2) is 17.0 Å². The van der Waals surface area contributed by atoms with Crippen molar-refractivity contribution >= 4 is 48.4 Å². The van der Waals surface area contributed by atoms with Gasteiger partial charge in [0.1, 0.15) is 11.9 Å². The molecule has 0 radical (unpaired) electrons. The molecule has 0 bridgehead atoms. The van der Waals surface area contributed by atoms with Crippen molar-refractivity contribution in [2.24, 2.45) is 5.73 Å². The van der Waals surface area contributed by atoms with Crippen LogP contribution in [0.15, 0.2) is 56.1 Å². The van der Waals surface area contributed by atoms with Crippen LogP contribution in [0.25, 0.3) is 10.8 Å². The molecule has 3 aliphatic rings. The molecule has 10 heteroatoms. The summed E-state index contributed by atoms with van der Waals surface area (Å²) in [6.07, 6.45) is 0. The number of carbonyl (C=O) groups excluding carboxylic acids is 1. The molecule has 1 atom stereocenters. The summed E-state index contributed by atoms with van der Waals surface area (Å²) in [7, 11) is 0. The molecule has 0 amide bonds. The summed E-state index contributed by atoms with van der Waals surface area (Å²) in [5.41, 5.74) is 4.64. The van der Waals surface area contributed by atoms with E-state index in [2.05, 4.69) is 37.2 Å². The number of rotatable bonds is 1. The number of ketones is 1. The SMILES string of the molecule is N#CC1=C(N)N2CCNC2=C([N+](=O)[O-])C12C(=O)c1ccc(Br)c3c(Br)ccc2c13. The van der Waals surface area contributed by atoms with Crippen molar-refractivity contribution in [3.05, 3.63) is 77.4 Å². The second-order valence-corrected chi connectivity index (χ2v) is 8.63. The molecular weight excluding hydrogens is 506 g/mol. The van der Waals surface area contributed by atoms with Gasteiger partial charge in [0.25, 0.3) is 0 Å². The maximum atomic E-state index is 13.8. The average Bonchev–Trinajstić information content (AvgIpc) is 3.24. The van der Waals surface area contributed by atoms with Gasteiger partial charge in [0.05, 0.1) is 10.5 Å². The molecule has 1 fully saturated rings. The molecule has 1 unspecified atom stereocenters. The van der Waals surface area contributed by atoms with E-state index in [1.54, 1.807) is 24.3 Å². The first kappa shape index (κ1) is 18.1. The van der Waals surface area contributed by atoms with E-state index in [0.29, 0.717) is 29.6 Å². The smallest absolute Gasteiger partial charge is 0.309 e. The largest absolute Gasteiger partial charge is 0.384 e. The van der Waals surface area contributed by atoms with E-state index in [0.717, 1.165) is 14.3 Å². The van der Waals surface area contributed by atoms with Crippen molar-refractivity contribution in [3.63, 3.8) is 0 Å². The van der Waals surface area contributed by atoms with Crippen LogP contribution in [0.1, 0.15) is 15.9 Å². The van der Waals surface area contributed by atoms with Crippen LogP contribution in [0.3, 0.4) is 0 Å². The molecule has 5 rings (SSSR count). The predicted octanol–water partition coefficient (Wildman–Crippen LogP) is 2.86.